The first-order chi connectivity index (χ1) is 8.85. The van der Waals surface area contributed by atoms with Gasteiger partial charge in [0.15, 0.2) is 11.4 Å². The number of alkyl halides is 3. The third kappa shape index (κ3) is 5.40. The van der Waals surface area contributed by atoms with E-state index in [0.717, 1.165) is 12.1 Å². The van der Waals surface area contributed by atoms with Crippen LogP contribution >= 0.6 is 27.7 Å². The highest BCUT2D eigenvalue weighted by Crippen LogP contribution is 2.32. The van der Waals surface area contributed by atoms with Crippen LogP contribution in [0.5, 0.6) is 5.75 Å². The van der Waals surface area contributed by atoms with Gasteiger partial charge in [-0.3, -0.25) is 5.32 Å². The van der Waals surface area contributed by atoms with Gasteiger partial charge in [0, 0.05) is 4.47 Å². The molecule has 0 fully saturated rings. The first-order valence-electron chi connectivity index (χ1n) is 4.69. The number of hydrogen-bond donors (Lipinski definition) is 1. The summed E-state index contributed by atoms with van der Waals surface area (Å²) in [5.74, 6) is -0.350. The lowest BCUT2D eigenvalue weighted by Gasteiger charge is -2.09. The fourth-order valence-corrected chi connectivity index (χ4v) is 1.84. The van der Waals surface area contributed by atoms with Gasteiger partial charge in [-0.05, 0) is 40.4 Å². The van der Waals surface area contributed by atoms with E-state index >= 15 is 0 Å². The Kier molecular flexibility index (Phi) is 5.50. The Hall–Kier alpha value is -1.40. The van der Waals surface area contributed by atoms with Crippen LogP contribution in [-0.2, 0) is 0 Å². The molecule has 19 heavy (non-hydrogen) atoms. The van der Waals surface area contributed by atoms with E-state index in [0.29, 0.717) is 15.3 Å². The second-order valence-corrected chi connectivity index (χ2v) is 4.67. The molecule has 0 aliphatic heterocycles. The zero-order valence-electron chi connectivity index (χ0n) is 9.45. The number of nitrogens with one attached hydrogen (secondary N) is 1. The van der Waals surface area contributed by atoms with E-state index in [-0.39, 0.29) is 5.75 Å². The molecular formula is C10H7BrF3N3OS. The molecule has 0 heterocycles. The lowest BCUT2D eigenvalue weighted by atomic mass is 10.3. The van der Waals surface area contributed by atoms with Gasteiger partial charge >= 0.3 is 6.36 Å². The zero-order chi connectivity index (χ0) is 14.5. The Balaban J connectivity index is 2.98. The van der Waals surface area contributed by atoms with Crippen molar-refractivity contribution in [2.24, 2.45) is 4.99 Å². The molecule has 9 heteroatoms. The molecule has 1 rings (SSSR count). The first kappa shape index (κ1) is 15.7. The maximum absolute atomic E-state index is 12.0. The number of aliphatic imine (C=N–C) groups is 1. The Labute approximate surface area is 119 Å². The number of hydrogen-bond acceptors (Lipinski definition) is 4. The van der Waals surface area contributed by atoms with Gasteiger partial charge in [0.2, 0.25) is 0 Å². The standard InChI is InChI=1S/C10H7BrF3N3OS/c1-19-9(16-5-15)17-8-3-2-6(4-7(8)11)18-10(12,13)14/h2-4H,1H3,(H,16,17). The summed E-state index contributed by atoms with van der Waals surface area (Å²) in [5.41, 5.74) is 0.377. The average molecular weight is 354 g/mol. The van der Waals surface area contributed by atoms with Crippen molar-refractivity contribution in [3.8, 4) is 11.9 Å². The topological polar surface area (TPSA) is 57.4 Å². The van der Waals surface area contributed by atoms with Gasteiger partial charge in [0.1, 0.15) is 5.75 Å². The molecule has 1 N–H and O–H groups in total. The summed E-state index contributed by atoms with van der Waals surface area (Å²) in [4.78, 5) is 4.07. The van der Waals surface area contributed by atoms with Crippen LogP contribution in [0.2, 0.25) is 0 Å². The van der Waals surface area contributed by atoms with Gasteiger partial charge in [-0.1, -0.05) is 11.8 Å². The van der Waals surface area contributed by atoms with Crippen LogP contribution in [0.1, 0.15) is 0 Å². The van der Waals surface area contributed by atoms with Crippen molar-refractivity contribution in [1.29, 1.82) is 5.26 Å². The molecule has 0 radical (unpaired) electrons. The van der Waals surface area contributed by atoms with Gasteiger partial charge in [0.25, 0.3) is 0 Å². The van der Waals surface area contributed by atoms with Crippen LogP contribution in [0.25, 0.3) is 0 Å². The second-order valence-electron chi connectivity index (χ2n) is 3.02. The summed E-state index contributed by atoms with van der Waals surface area (Å²) in [7, 11) is 0. The average Bonchev–Trinajstić information content (AvgIpc) is 2.29. The molecule has 0 saturated heterocycles. The lowest BCUT2D eigenvalue weighted by Crippen LogP contribution is -2.17. The SMILES string of the molecule is CSC(=Nc1ccc(OC(F)(F)F)cc1Br)NC#N. The second kappa shape index (κ2) is 6.68. The Morgan fingerprint density at radius 1 is 1.53 bits per heavy atom. The maximum atomic E-state index is 12.0. The van der Waals surface area contributed by atoms with Crippen molar-refractivity contribution in [2.45, 2.75) is 6.36 Å². The number of halogens is 4. The largest absolute Gasteiger partial charge is 0.573 e. The van der Waals surface area contributed by atoms with Crippen LogP contribution in [-0.4, -0.2) is 17.8 Å². The van der Waals surface area contributed by atoms with Gasteiger partial charge in [-0.15, -0.1) is 13.2 Å². The van der Waals surface area contributed by atoms with Crippen molar-refractivity contribution >= 4 is 38.5 Å². The number of nitrogens with zero attached hydrogens (tertiary/aromatic N) is 2. The van der Waals surface area contributed by atoms with E-state index in [4.69, 9.17) is 5.26 Å². The maximum Gasteiger partial charge on any atom is 0.573 e. The van der Waals surface area contributed by atoms with E-state index in [9.17, 15) is 13.2 Å². The molecule has 0 spiro atoms. The third-order valence-electron chi connectivity index (χ3n) is 1.73. The minimum atomic E-state index is -4.74. The number of benzene rings is 1. The van der Waals surface area contributed by atoms with E-state index in [1.54, 1.807) is 12.4 Å². The molecule has 0 aliphatic rings. The quantitative estimate of drug-likeness (QED) is 0.380. The van der Waals surface area contributed by atoms with Gasteiger partial charge in [-0.2, -0.15) is 5.26 Å². The molecule has 0 unspecified atom stereocenters. The van der Waals surface area contributed by atoms with Crippen molar-refractivity contribution < 1.29 is 17.9 Å². The molecule has 1 aromatic rings. The van der Waals surface area contributed by atoms with Crippen LogP contribution in [0, 0.1) is 11.5 Å². The van der Waals surface area contributed by atoms with E-state index in [1.807, 2.05) is 0 Å². The fourth-order valence-electron chi connectivity index (χ4n) is 1.06. The van der Waals surface area contributed by atoms with E-state index < -0.39 is 6.36 Å². The molecule has 0 aliphatic carbocycles. The number of nitriles is 1. The third-order valence-corrected chi connectivity index (χ3v) is 2.95. The van der Waals surface area contributed by atoms with E-state index in [1.165, 1.54) is 17.8 Å². The number of amidine groups is 1. The van der Waals surface area contributed by atoms with Crippen LogP contribution in [0.15, 0.2) is 27.7 Å². The van der Waals surface area contributed by atoms with Crippen molar-refractivity contribution in [2.75, 3.05) is 6.26 Å². The smallest absolute Gasteiger partial charge is 0.406 e. The number of rotatable bonds is 2. The molecule has 0 atom stereocenters. The molecule has 0 amide bonds. The Morgan fingerprint density at radius 2 is 2.21 bits per heavy atom. The minimum absolute atomic E-state index is 0.320. The fraction of sp³-hybridized carbons (Fsp3) is 0.200. The minimum Gasteiger partial charge on any atom is -0.406 e. The predicted octanol–water partition coefficient (Wildman–Crippen LogP) is 3.77. The first-order valence-corrected chi connectivity index (χ1v) is 6.70. The highest BCUT2D eigenvalue weighted by Gasteiger charge is 2.31. The van der Waals surface area contributed by atoms with Gasteiger partial charge < -0.3 is 4.74 Å². The Bertz CT molecular complexity index is 528. The van der Waals surface area contributed by atoms with Crippen molar-refractivity contribution in [3.05, 3.63) is 22.7 Å². The van der Waals surface area contributed by atoms with Crippen LogP contribution in [0.4, 0.5) is 18.9 Å². The highest BCUT2D eigenvalue weighted by molar-refractivity contribution is 9.10. The van der Waals surface area contributed by atoms with Crippen molar-refractivity contribution in [3.63, 3.8) is 0 Å². The molecule has 0 aromatic heterocycles. The van der Waals surface area contributed by atoms with Gasteiger partial charge in [0.05, 0.1) is 5.69 Å². The number of thioether (sulfide) groups is 1. The summed E-state index contributed by atoms with van der Waals surface area (Å²) >= 11 is 4.29. The molecule has 4 nitrogen and oxygen atoms in total. The summed E-state index contributed by atoms with van der Waals surface area (Å²) in [6.45, 7) is 0. The Morgan fingerprint density at radius 3 is 2.68 bits per heavy atom. The molecule has 1 aromatic carbocycles. The summed E-state index contributed by atoms with van der Waals surface area (Å²) < 4.78 is 40.2. The van der Waals surface area contributed by atoms with Crippen LogP contribution in [0.3, 0.4) is 0 Å². The lowest BCUT2D eigenvalue weighted by molar-refractivity contribution is -0.274. The highest BCUT2D eigenvalue weighted by atomic mass is 79.9. The summed E-state index contributed by atoms with van der Waals surface area (Å²) in [6, 6.07) is 3.64. The van der Waals surface area contributed by atoms with Crippen LogP contribution < -0.4 is 10.1 Å². The van der Waals surface area contributed by atoms with Gasteiger partial charge in [-0.25, -0.2) is 4.99 Å². The summed E-state index contributed by atoms with van der Waals surface area (Å²) in [5, 5.41) is 11.1. The molecule has 102 valence electrons. The molecular weight excluding hydrogens is 347 g/mol. The monoisotopic (exact) mass is 353 g/mol. The summed E-state index contributed by atoms with van der Waals surface area (Å²) in [6.07, 6.45) is -1.32. The normalized spacial score (nSPS) is 11.9. The predicted molar refractivity (Wildman–Crippen MR) is 70.2 cm³/mol. The van der Waals surface area contributed by atoms with Crippen molar-refractivity contribution in [1.82, 2.24) is 5.32 Å². The molecule has 0 saturated carbocycles. The molecule has 0 bridgehead atoms. The van der Waals surface area contributed by atoms with E-state index in [2.05, 4.69) is 31.0 Å². The number of ether oxygens (including phenoxy) is 1. The zero-order valence-corrected chi connectivity index (χ0v) is 11.9.